The number of sulfonamides is 1. The van der Waals surface area contributed by atoms with Crippen molar-refractivity contribution in [2.24, 2.45) is 5.84 Å². The second-order valence-electron chi connectivity index (χ2n) is 5.09. The molecule has 4 N–H and O–H groups in total. The highest BCUT2D eigenvalue weighted by molar-refractivity contribution is 7.89. The van der Waals surface area contributed by atoms with E-state index in [0.717, 1.165) is 0 Å². The van der Waals surface area contributed by atoms with Crippen molar-refractivity contribution in [1.82, 2.24) is 14.6 Å². The third kappa shape index (κ3) is 3.45. The zero-order valence-corrected chi connectivity index (χ0v) is 12.5. The molecule has 7 nitrogen and oxygen atoms in total. The second kappa shape index (κ2) is 6.04. The number of rotatable bonds is 7. The zero-order chi connectivity index (χ0) is 14.8. The maximum atomic E-state index is 12.3. The molecule has 1 aliphatic rings. The number of nitrogens with two attached hydrogens (primary N) is 1. The molecule has 0 bridgehead atoms. The molecular weight excluding hydrogens is 278 g/mol. The molecule has 0 aromatic carbocycles. The number of likely N-dealkylation sites (N-methyl/N-ethyl adjacent to an activating group) is 1. The van der Waals surface area contributed by atoms with E-state index in [-0.39, 0.29) is 16.8 Å². The third-order valence-electron chi connectivity index (χ3n) is 3.58. The maximum absolute atomic E-state index is 12.3. The maximum Gasteiger partial charge on any atom is 0.244 e. The molecule has 1 saturated carbocycles. The van der Waals surface area contributed by atoms with Crippen molar-refractivity contribution in [3.8, 4) is 0 Å². The molecule has 1 aromatic heterocycles. The molecule has 0 amide bonds. The van der Waals surface area contributed by atoms with E-state index >= 15 is 0 Å². The average Bonchev–Trinajstić information content (AvgIpc) is 3.28. The van der Waals surface area contributed by atoms with E-state index in [1.807, 2.05) is 14.0 Å². The summed E-state index contributed by atoms with van der Waals surface area (Å²) in [4.78, 5) is 6.16. The fraction of sp³-hybridized carbons (Fsp3) is 0.583. The number of anilines is 1. The van der Waals surface area contributed by atoms with E-state index in [0.29, 0.717) is 12.6 Å². The largest absolute Gasteiger partial charge is 0.307 e. The molecule has 0 aliphatic heterocycles. The zero-order valence-electron chi connectivity index (χ0n) is 11.7. The van der Waals surface area contributed by atoms with Crippen molar-refractivity contribution >= 4 is 15.8 Å². The lowest BCUT2D eigenvalue weighted by molar-refractivity contribution is 0.248. The van der Waals surface area contributed by atoms with Crippen molar-refractivity contribution < 1.29 is 8.42 Å². The van der Waals surface area contributed by atoms with E-state index in [1.54, 1.807) is 6.07 Å². The summed E-state index contributed by atoms with van der Waals surface area (Å²) in [5, 5.41) is 0. The van der Waals surface area contributed by atoms with Gasteiger partial charge in [0.1, 0.15) is 4.90 Å². The highest BCUT2D eigenvalue weighted by Gasteiger charge is 2.30. The van der Waals surface area contributed by atoms with Gasteiger partial charge in [-0.15, -0.1) is 0 Å². The lowest BCUT2D eigenvalue weighted by Crippen LogP contribution is -2.41. The fourth-order valence-electron chi connectivity index (χ4n) is 2.01. The molecule has 0 spiro atoms. The quantitative estimate of drug-likeness (QED) is 0.489. The molecule has 0 saturated heterocycles. The Labute approximate surface area is 119 Å². The van der Waals surface area contributed by atoms with Crippen molar-refractivity contribution in [3.63, 3.8) is 0 Å². The van der Waals surface area contributed by atoms with Crippen molar-refractivity contribution in [1.29, 1.82) is 0 Å². The van der Waals surface area contributed by atoms with Crippen molar-refractivity contribution in [2.75, 3.05) is 19.0 Å². The SMILES string of the molecule is CC(CNS(=O)(=O)c1cccnc1NN)N(C)C1CC1. The summed E-state index contributed by atoms with van der Waals surface area (Å²) in [6, 6.07) is 3.77. The predicted octanol–water partition coefficient (Wildman–Crippen LogP) is 0.128. The summed E-state index contributed by atoms with van der Waals surface area (Å²) in [6.07, 6.45) is 3.87. The molecule has 8 heteroatoms. The fourth-order valence-corrected chi connectivity index (χ4v) is 3.25. The Morgan fingerprint density at radius 3 is 2.85 bits per heavy atom. The first-order chi connectivity index (χ1) is 9.45. The highest BCUT2D eigenvalue weighted by atomic mass is 32.2. The summed E-state index contributed by atoms with van der Waals surface area (Å²) >= 11 is 0. The molecule has 2 rings (SSSR count). The van der Waals surface area contributed by atoms with Gasteiger partial charge in [0.15, 0.2) is 5.82 Å². The summed E-state index contributed by atoms with van der Waals surface area (Å²) in [7, 11) is -1.60. The number of pyridine rings is 1. The molecule has 1 heterocycles. The van der Waals surface area contributed by atoms with Crippen LogP contribution in [0.1, 0.15) is 19.8 Å². The van der Waals surface area contributed by atoms with E-state index < -0.39 is 10.0 Å². The monoisotopic (exact) mass is 299 g/mol. The third-order valence-corrected chi connectivity index (χ3v) is 5.04. The first-order valence-corrected chi connectivity index (χ1v) is 8.07. The smallest absolute Gasteiger partial charge is 0.244 e. The van der Waals surface area contributed by atoms with Gasteiger partial charge in [-0.2, -0.15) is 0 Å². The first kappa shape index (κ1) is 15.2. The van der Waals surface area contributed by atoms with Gasteiger partial charge in [-0.05, 0) is 38.9 Å². The van der Waals surface area contributed by atoms with Crippen LogP contribution in [0.2, 0.25) is 0 Å². The lowest BCUT2D eigenvalue weighted by Gasteiger charge is -2.24. The molecule has 1 aliphatic carbocycles. The second-order valence-corrected chi connectivity index (χ2v) is 6.83. The Hall–Kier alpha value is -1.22. The van der Waals surface area contributed by atoms with Crippen LogP contribution in [0.4, 0.5) is 5.82 Å². The Kier molecular flexibility index (Phi) is 4.59. The van der Waals surface area contributed by atoms with Crippen LogP contribution in [0, 0.1) is 0 Å². The van der Waals surface area contributed by atoms with Gasteiger partial charge in [0.2, 0.25) is 10.0 Å². The van der Waals surface area contributed by atoms with Crippen LogP contribution >= 0.6 is 0 Å². The molecule has 1 atom stereocenters. The van der Waals surface area contributed by atoms with E-state index in [2.05, 4.69) is 20.0 Å². The summed E-state index contributed by atoms with van der Waals surface area (Å²) in [6.45, 7) is 2.36. The van der Waals surface area contributed by atoms with Crippen molar-refractivity contribution in [3.05, 3.63) is 18.3 Å². The van der Waals surface area contributed by atoms with Crippen LogP contribution in [-0.4, -0.2) is 44.0 Å². The van der Waals surface area contributed by atoms with Crippen molar-refractivity contribution in [2.45, 2.75) is 36.7 Å². The molecule has 0 radical (unpaired) electrons. The van der Waals surface area contributed by atoms with Crippen LogP contribution in [0.5, 0.6) is 0 Å². The minimum absolute atomic E-state index is 0.0591. The Balaban J connectivity index is 2.03. The Morgan fingerprint density at radius 1 is 1.55 bits per heavy atom. The number of nitrogen functional groups attached to an aromatic ring is 1. The Morgan fingerprint density at radius 2 is 2.25 bits per heavy atom. The highest BCUT2D eigenvalue weighted by Crippen LogP contribution is 2.26. The first-order valence-electron chi connectivity index (χ1n) is 6.59. The number of hydrogen-bond acceptors (Lipinski definition) is 6. The number of nitrogens with zero attached hydrogens (tertiary/aromatic N) is 2. The predicted molar refractivity (Wildman–Crippen MR) is 77.5 cm³/mol. The van der Waals surface area contributed by atoms with Gasteiger partial charge in [0.05, 0.1) is 0 Å². The number of aromatic nitrogens is 1. The molecule has 112 valence electrons. The summed E-state index contributed by atoms with van der Waals surface area (Å²) < 4.78 is 27.1. The number of nitrogens with one attached hydrogen (secondary N) is 2. The summed E-state index contributed by atoms with van der Waals surface area (Å²) in [5.41, 5.74) is 2.30. The van der Waals surface area contributed by atoms with Crippen LogP contribution in [-0.2, 0) is 10.0 Å². The van der Waals surface area contributed by atoms with Gasteiger partial charge < -0.3 is 5.43 Å². The van der Waals surface area contributed by atoms with E-state index in [4.69, 9.17) is 5.84 Å². The van der Waals surface area contributed by atoms with Crippen LogP contribution in [0.15, 0.2) is 23.2 Å². The molecular formula is C12H21N5O2S. The Bertz CT molecular complexity index is 559. The molecule has 1 aromatic rings. The molecule has 1 unspecified atom stereocenters. The van der Waals surface area contributed by atoms with E-state index in [9.17, 15) is 8.42 Å². The van der Waals surface area contributed by atoms with Gasteiger partial charge in [0.25, 0.3) is 0 Å². The number of hydrazine groups is 1. The standard InChI is InChI=1S/C12H21N5O2S/c1-9(17(2)10-5-6-10)8-15-20(18,19)11-4-3-7-14-12(11)16-13/h3-4,7,9-10,15H,5-6,8,13H2,1-2H3,(H,14,16). The van der Waals surface area contributed by atoms with Crippen LogP contribution in [0.3, 0.4) is 0 Å². The lowest BCUT2D eigenvalue weighted by atomic mass is 10.3. The van der Waals surface area contributed by atoms with Gasteiger partial charge >= 0.3 is 0 Å². The van der Waals surface area contributed by atoms with Crippen LogP contribution in [0.25, 0.3) is 0 Å². The minimum atomic E-state index is -3.62. The van der Waals surface area contributed by atoms with Gasteiger partial charge in [0, 0.05) is 24.8 Å². The number of hydrogen-bond donors (Lipinski definition) is 3. The molecule has 20 heavy (non-hydrogen) atoms. The van der Waals surface area contributed by atoms with Crippen LogP contribution < -0.4 is 16.0 Å². The molecule has 1 fully saturated rings. The van der Waals surface area contributed by atoms with Gasteiger partial charge in [-0.25, -0.2) is 24.0 Å². The summed E-state index contributed by atoms with van der Waals surface area (Å²) in [5.74, 6) is 5.43. The van der Waals surface area contributed by atoms with Gasteiger partial charge in [-0.3, -0.25) is 4.90 Å². The topological polar surface area (TPSA) is 100 Å². The van der Waals surface area contributed by atoms with Gasteiger partial charge in [-0.1, -0.05) is 0 Å². The normalized spacial score (nSPS) is 17.2. The van der Waals surface area contributed by atoms with E-state index in [1.165, 1.54) is 25.1 Å². The minimum Gasteiger partial charge on any atom is -0.307 e. The average molecular weight is 299 g/mol.